The Labute approximate surface area is 101 Å². The van der Waals surface area contributed by atoms with Gasteiger partial charge in [-0.1, -0.05) is 20.8 Å². The van der Waals surface area contributed by atoms with Gasteiger partial charge in [0, 0.05) is 30.5 Å². The third-order valence-electron chi connectivity index (χ3n) is 2.74. The Balaban J connectivity index is 2.82. The number of nitrogens with zero attached hydrogens (tertiary/aromatic N) is 3. The first-order valence-electron chi connectivity index (χ1n) is 5.96. The summed E-state index contributed by atoms with van der Waals surface area (Å²) in [5.74, 6) is 0.897. The number of hydrogen-bond donors (Lipinski definition) is 1. The average molecular weight is 243 g/mol. The van der Waals surface area contributed by atoms with Crippen molar-refractivity contribution in [2.75, 3.05) is 18.1 Å². The van der Waals surface area contributed by atoms with Gasteiger partial charge in [0.15, 0.2) is 0 Å². The summed E-state index contributed by atoms with van der Waals surface area (Å²) < 4.78 is 4.30. The van der Waals surface area contributed by atoms with Gasteiger partial charge < -0.3 is 10.0 Å². The van der Waals surface area contributed by atoms with Crippen LogP contribution in [0.3, 0.4) is 0 Å². The summed E-state index contributed by atoms with van der Waals surface area (Å²) >= 11 is 1.43. The van der Waals surface area contributed by atoms with Gasteiger partial charge in [-0.05, 0) is 12.8 Å². The fourth-order valence-electron chi connectivity index (χ4n) is 1.78. The zero-order chi connectivity index (χ0) is 12.0. The van der Waals surface area contributed by atoms with Crippen LogP contribution in [0.4, 0.5) is 5.13 Å². The van der Waals surface area contributed by atoms with Gasteiger partial charge in [0.2, 0.25) is 5.13 Å². The van der Waals surface area contributed by atoms with Crippen molar-refractivity contribution < 1.29 is 5.11 Å². The second kappa shape index (κ2) is 6.81. The molecule has 0 atom stereocenters. The second-order valence-corrected chi connectivity index (χ2v) is 4.46. The van der Waals surface area contributed by atoms with Crippen molar-refractivity contribution in [2.45, 2.75) is 46.1 Å². The minimum atomic E-state index is 0.164. The molecule has 0 saturated heterocycles. The smallest absolute Gasteiger partial charge is 0.205 e. The van der Waals surface area contributed by atoms with Crippen molar-refractivity contribution >= 4 is 16.7 Å². The molecule has 0 amide bonds. The van der Waals surface area contributed by atoms with Crippen LogP contribution in [0.15, 0.2) is 0 Å². The first-order valence-corrected chi connectivity index (χ1v) is 6.74. The van der Waals surface area contributed by atoms with E-state index in [4.69, 9.17) is 5.11 Å². The lowest BCUT2D eigenvalue weighted by Gasteiger charge is -2.29. The Bertz CT molecular complexity index is 299. The van der Waals surface area contributed by atoms with Crippen LogP contribution in [0.1, 0.15) is 39.4 Å². The van der Waals surface area contributed by atoms with Crippen LogP contribution in [-0.4, -0.2) is 33.7 Å². The highest BCUT2D eigenvalue weighted by atomic mass is 32.1. The Hall–Kier alpha value is -0.680. The van der Waals surface area contributed by atoms with Crippen molar-refractivity contribution in [3.8, 4) is 0 Å². The fraction of sp³-hybridized carbons (Fsp3) is 0.818. The first-order chi connectivity index (χ1) is 7.76. The monoisotopic (exact) mass is 243 g/mol. The number of aliphatic hydroxyl groups excluding tert-OH is 1. The van der Waals surface area contributed by atoms with Gasteiger partial charge in [-0.25, -0.2) is 4.98 Å². The molecule has 0 saturated carbocycles. The largest absolute Gasteiger partial charge is 0.395 e. The maximum absolute atomic E-state index is 9.12. The standard InChI is InChI=1S/C11H21N3OS/c1-4-9(5-2)14(7-8-15)11-12-10(6-3)13-16-11/h9,15H,4-8H2,1-3H3. The molecular formula is C11H21N3OS. The van der Waals surface area contributed by atoms with Crippen LogP contribution in [0.5, 0.6) is 0 Å². The highest BCUT2D eigenvalue weighted by Gasteiger charge is 2.18. The summed E-state index contributed by atoms with van der Waals surface area (Å²) in [6.07, 6.45) is 3.00. The predicted octanol–water partition coefficient (Wildman–Crippen LogP) is 2.09. The molecule has 0 aliphatic carbocycles. The van der Waals surface area contributed by atoms with E-state index in [1.807, 2.05) is 0 Å². The molecule has 0 aliphatic rings. The molecule has 92 valence electrons. The molecular weight excluding hydrogens is 222 g/mol. The highest BCUT2D eigenvalue weighted by Crippen LogP contribution is 2.22. The third kappa shape index (κ3) is 3.15. The lowest BCUT2D eigenvalue weighted by atomic mass is 10.1. The van der Waals surface area contributed by atoms with E-state index in [-0.39, 0.29) is 6.61 Å². The van der Waals surface area contributed by atoms with Crippen LogP contribution in [0.25, 0.3) is 0 Å². The van der Waals surface area contributed by atoms with Crippen LogP contribution in [0, 0.1) is 0 Å². The van der Waals surface area contributed by atoms with E-state index in [0.29, 0.717) is 12.6 Å². The molecule has 1 N–H and O–H groups in total. The molecule has 0 unspecified atom stereocenters. The van der Waals surface area contributed by atoms with Crippen molar-refractivity contribution in [1.82, 2.24) is 9.36 Å². The molecule has 1 aromatic heterocycles. The molecule has 1 rings (SSSR count). The Morgan fingerprint density at radius 3 is 2.44 bits per heavy atom. The Morgan fingerprint density at radius 1 is 1.31 bits per heavy atom. The van der Waals surface area contributed by atoms with Crippen LogP contribution < -0.4 is 4.90 Å². The number of anilines is 1. The van der Waals surface area contributed by atoms with Gasteiger partial charge in [-0.3, -0.25) is 0 Å². The molecule has 0 spiro atoms. The lowest BCUT2D eigenvalue weighted by Crippen LogP contribution is -2.36. The van der Waals surface area contributed by atoms with E-state index in [2.05, 4.69) is 35.0 Å². The number of hydrogen-bond acceptors (Lipinski definition) is 5. The second-order valence-electron chi connectivity index (χ2n) is 3.73. The summed E-state index contributed by atoms with van der Waals surface area (Å²) in [6.45, 7) is 7.20. The SMILES string of the molecule is CCc1nsc(N(CCO)C(CC)CC)n1. The molecule has 4 nitrogen and oxygen atoms in total. The minimum Gasteiger partial charge on any atom is -0.395 e. The summed E-state index contributed by atoms with van der Waals surface area (Å²) in [4.78, 5) is 6.66. The zero-order valence-electron chi connectivity index (χ0n) is 10.3. The normalized spacial score (nSPS) is 11.1. The molecule has 0 aliphatic heterocycles. The van der Waals surface area contributed by atoms with Crippen molar-refractivity contribution in [3.05, 3.63) is 5.82 Å². The van der Waals surface area contributed by atoms with Gasteiger partial charge in [0.1, 0.15) is 5.82 Å². The number of aromatic nitrogens is 2. The number of aryl methyl sites for hydroxylation is 1. The predicted molar refractivity (Wildman–Crippen MR) is 68.1 cm³/mol. The quantitative estimate of drug-likeness (QED) is 0.796. The molecule has 0 fully saturated rings. The van der Waals surface area contributed by atoms with Gasteiger partial charge >= 0.3 is 0 Å². The van der Waals surface area contributed by atoms with Crippen molar-refractivity contribution in [2.24, 2.45) is 0 Å². The van der Waals surface area contributed by atoms with Gasteiger partial charge in [0.25, 0.3) is 0 Å². The fourth-order valence-corrected chi connectivity index (χ4v) is 2.62. The lowest BCUT2D eigenvalue weighted by molar-refractivity contribution is 0.296. The van der Waals surface area contributed by atoms with E-state index in [9.17, 15) is 0 Å². The first kappa shape index (κ1) is 13.4. The maximum Gasteiger partial charge on any atom is 0.205 e. The van der Waals surface area contributed by atoms with E-state index in [0.717, 1.165) is 30.2 Å². The summed E-state index contributed by atoms with van der Waals surface area (Å²) in [5, 5.41) is 10.1. The molecule has 16 heavy (non-hydrogen) atoms. The number of aliphatic hydroxyl groups is 1. The third-order valence-corrected chi connectivity index (χ3v) is 3.53. The van der Waals surface area contributed by atoms with E-state index < -0.39 is 0 Å². The van der Waals surface area contributed by atoms with Crippen molar-refractivity contribution in [3.63, 3.8) is 0 Å². The van der Waals surface area contributed by atoms with Crippen LogP contribution in [0.2, 0.25) is 0 Å². The Morgan fingerprint density at radius 2 is 2.00 bits per heavy atom. The van der Waals surface area contributed by atoms with Gasteiger partial charge in [0.05, 0.1) is 6.61 Å². The summed E-state index contributed by atoms with van der Waals surface area (Å²) in [5.41, 5.74) is 0. The molecule has 1 heterocycles. The van der Waals surface area contributed by atoms with Crippen LogP contribution in [-0.2, 0) is 6.42 Å². The van der Waals surface area contributed by atoms with Crippen molar-refractivity contribution in [1.29, 1.82) is 0 Å². The maximum atomic E-state index is 9.12. The topological polar surface area (TPSA) is 49.2 Å². The zero-order valence-corrected chi connectivity index (χ0v) is 11.1. The Kier molecular flexibility index (Phi) is 5.69. The minimum absolute atomic E-state index is 0.164. The van der Waals surface area contributed by atoms with E-state index >= 15 is 0 Å². The van der Waals surface area contributed by atoms with Gasteiger partial charge in [-0.15, -0.1) is 0 Å². The van der Waals surface area contributed by atoms with Gasteiger partial charge in [-0.2, -0.15) is 4.37 Å². The number of rotatable bonds is 7. The molecule has 0 bridgehead atoms. The van der Waals surface area contributed by atoms with E-state index in [1.165, 1.54) is 11.5 Å². The highest BCUT2D eigenvalue weighted by molar-refractivity contribution is 7.09. The molecule has 0 aromatic carbocycles. The summed E-state index contributed by atoms with van der Waals surface area (Å²) in [7, 11) is 0. The average Bonchev–Trinajstić information content (AvgIpc) is 2.77. The summed E-state index contributed by atoms with van der Waals surface area (Å²) in [6, 6.07) is 0.449. The molecule has 5 heteroatoms. The molecule has 1 aromatic rings. The van der Waals surface area contributed by atoms with E-state index in [1.54, 1.807) is 0 Å². The van der Waals surface area contributed by atoms with Crippen LogP contribution >= 0.6 is 11.5 Å². The molecule has 0 radical (unpaired) electrons.